The molecule has 18 heavy (non-hydrogen) atoms. The zero-order valence-electron chi connectivity index (χ0n) is 10.7. The minimum absolute atomic E-state index is 0.390. The van der Waals surface area contributed by atoms with Gasteiger partial charge in [0, 0.05) is 25.8 Å². The number of nitrogens with zero attached hydrogens (tertiary/aromatic N) is 1. The van der Waals surface area contributed by atoms with Crippen molar-refractivity contribution in [1.82, 2.24) is 4.98 Å². The molecule has 1 saturated heterocycles. The van der Waals surface area contributed by atoms with Crippen LogP contribution in [0, 0.1) is 0 Å². The molecule has 0 aromatic carbocycles. The molecule has 1 N–H and O–H groups in total. The van der Waals surface area contributed by atoms with Gasteiger partial charge in [-0.15, -0.1) is 0 Å². The van der Waals surface area contributed by atoms with Gasteiger partial charge in [0.15, 0.2) is 0 Å². The van der Waals surface area contributed by atoms with Gasteiger partial charge in [-0.3, -0.25) is 0 Å². The first kappa shape index (κ1) is 13.1. The second-order valence-corrected chi connectivity index (χ2v) is 4.28. The van der Waals surface area contributed by atoms with E-state index < -0.39 is 0 Å². The van der Waals surface area contributed by atoms with Crippen molar-refractivity contribution in [2.75, 3.05) is 38.9 Å². The normalized spacial score (nSPS) is 19.5. The van der Waals surface area contributed by atoms with Gasteiger partial charge in [0.1, 0.15) is 6.61 Å². The van der Waals surface area contributed by atoms with E-state index in [-0.39, 0.29) is 0 Å². The fraction of sp³-hybridized carbons (Fsp3) is 0.615. The quantitative estimate of drug-likeness (QED) is 0.781. The number of nitrogens with one attached hydrogen (secondary N) is 1. The fourth-order valence-electron chi connectivity index (χ4n) is 1.87. The molecule has 1 aliphatic rings. The topological polar surface area (TPSA) is 52.6 Å². The molecule has 1 atom stereocenters. The first-order valence-corrected chi connectivity index (χ1v) is 6.30. The summed E-state index contributed by atoms with van der Waals surface area (Å²) in [5.41, 5.74) is 1.00. The van der Waals surface area contributed by atoms with Crippen molar-refractivity contribution in [2.45, 2.75) is 18.9 Å². The van der Waals surface area contributed by atoms with Crippen LogP contribution in [-0.4, -0.2) is 44.6 Å². The Morgan fingerprint density at radius 1 is 1.44 bits per heavy atom. The third-order valence-electron chi connectivity index (χ3n) is 2.80. The maximum atomic E-state index is 5.42. The number of anilines is 1. The summed E-state index contributed by atoms with van der Waals surface area (Å²) in [6.07, 6.45) is 4.05. The third-order valence-corrected chi connectivity index (χ3v) is 2.80. The molecule has 5 nitrogen and oxygen atoms in total. The van der Waals surface area contributed by atoms with E-state index >= 15 is 0 Å². The molecule has 100 valence electrons. The zero-order chi connectivity index (χ0) is 12.6. The summed E-state index contributed by atoms with van der Waals surface area (Å²) in [5.74, 6) is 0.623. The minimum Gasteiger partial charge on any atom is -0.475 e. The number of hydrogen-bond acceptors (Lipinski definition) is 5. The lowest BCUT2D eigenvalue weighted by Crippen LogP contribution is -2.29. The van der Waals surface area contributed by atoms with Gasteiger partial charge in [0.25, 0.3) is 0 Å². The van der Waals surface area contributed by atoms with Crippen molar-refractivity contribution >= 4 is 5.69 Å². The predicted octanol–water partition coefficient (Wildman–Crippen LogP) is 1.70. The highest BCUT2D eigenvalue weighted by atomic mass is 16.5. The number of methoxy groups -OCH3 is 1. The van der Waals surface area contributed by atoms with Gasteiger partial charge >= 0.3 is 0 Å². The second kappa shape index (κ2) is 7.18. The van der Waals surface area contributed by atoms with Crippen LogP contribution in [0.1, 0.15) is 12.8 Å². The molecule has 1 aromatic rings. The Bertz CT molecular complexity index is 337. The molecule has 0 aliphatic carbocycles. The van der Waals surface area contributed by atoms with Crippen molar-refractivity contribution in [3.63, 3.8) is 0 Å². The number of rotatable bonds is 6. The van der Waals surface area contributed by atoms with E-state index in [9.17, 15) is 0 Å². The van der Waals surface area contributed by atoms with E-state index in [0.29, 0.717) is 25.1 Å². The van der Waals surface area contributed by atoms with E-state index in [1.54, 1.807) is 13.3 Å². The van der Waals surface area contributed by atoms with Crippen LogP contribution >= 0.6 is 0 Å². The van der Waals surface area contributed by atoms with E-state index in [1.165, 1.54) is 0 Å². The Balaban J connectivity index is 1.79. The van der Waals surface area contributed by atoms with Gasteiger partial charge in [-0.05, 0) is 18.9 Å². The first-order chi connectivity index (χ1) is 8.88. The summed E-state index contributed by atoms with van der Waals surface area (Å²) < 4.78 is 15.7. The molecule has 1 aliphatic heterocycles. The van der Waals surface area contributed by atoms with Crippen LogP contribution in [0.3, 0.4) is 0 Å². The van der Waals surface area contributed by atoms with Crippen molar-refractivity contribution in [1.29, 1.82) is 0 Å². The summed E-state index contributed by atoms with van der Waals surface area (Å²) in [7, 11) is 1.65. The van der Waals surface area contributed by atoms with Gasteiger partial charge in [-0.25, -0.2) is 4.98 Å². The largest absolute Gasteiger partial charge is 0.475 e. The Morgan fingerprint density at radius 2 is 2.39 bits per heavy atom. The van der Waals surface area contributed by atoms with Crippen molar-refractivity contribution in [3.8, 4) is 5.88 Å². The van der Waals surface area contributed by atoms with Crippen molar-refractivity contribution in [3.05, 3.63) is 18.3 Å². The number of ether oxygens (including phenoxy) is 3. The number of hydrogen-bond donors (Lipinski definition) is 1. The molecule has 5 heteroatoms. The monoisotopic (exact) mass is 252 g/mol. The lowest BCUT2D eigenvalue weighted by atomic mass is 10.1. The van der Waals surface area contributed by atoms with E-state index in [2.05, 4.69) is 10.3 Å². The minimum atomic E-state index is 0.390. The molecule has 0 bridgehead atoms. The van der Waals surface area contributed by atoms with Crippen LogP contribution in [0.5, 0.6) is 5.88 Å². The molecule has 2 heterocycles. The molecule has 0 saturated carbocycles. The molecular weight excluding hydrogens is 232 g/mol. The molecule has 1 aromatic heterocycles. The highest BCUT2D eigenvalue weighted by Crippen LogP contribution is 2.16. The highest BCUT2D eigenvalue weighted by Gasteiger charge is 2.13. The van der Waals surface area contributed by atoms with Crippen LogP contribution in [0.4, 0.5) is 5.69 Å². The smallest absolute Gasteiger partial charge is 0.213 e. The SMILES string of the molecule is COCCOc1ccc(NC2CCCOC2)cn1. The van der Waals surface area contributed by atoms with Crippen LogP contribution in [0.25, 0.3) is 0 Å². The molecule has 0 radical (unpaired) electrons. The molecular formula is C13H20N2O3. The van der Waals surface area contributed by atoms with Gasteiger partial charge in [0.05, 0.1) is 25.1 Å². The van der Waals surface area contributed by atoms with Crippen LogP contribution in [-0.2, 0) is 9.47 Å². The Hall–Kier alpha value is -1.33. The summed E-state index contributed by atoms with van der Waals surface area (Å²) in [5, 5.41) is 3.41. The predicted molar refractivity (Wildman–Crippen MR) is 69.1 cm³/mol. The van der Waals surface area contributed by atoms with Gasteiger partial charge < -0.3 is 19.5 Å². The van der Waals surface area contributed by atoms with E-state index in [4.69, 9.17) is 14.2 Å². The summed E-state index contributed by atoms with van der Waals surface area (Å²) in [6, 6.07) is 4.23. The summed E-state index contributed by atoms with van der Waals surface area (Å²) in [4.78, 5) is 4.23. The summed E-state index contributed by atoms with van der Waals surface area (Å²) >= 11 is 0. The average Bonchev–Trinajstić information content (AvgIpc) is 2.42. The molecule has 0 amide bonds. The Labute approximate surface area is 107 Å². The van der Waals surface area contributed by atoms with E-state index in [1.807, 2.05) is 12.1 Å². The van der Waals surface area contributed by atoms with Crippen molar-refractivity contribution < 1.29 is 14.2 Å². The maximum Gasteiger partial charge on any atom is 0.213 e. The average molecular weight is 252 g/mol. The third kappa shape index (κ3) is 4.16. The highest BCUT2D eigenvalue weighted by molar-refractivity contribution is 5.43. The number of aromatic nitrogens is 1. The lowest BCUT2D eigenvalue weighted by molar-refractivity contribution is 0.0876. The van der Waals surface area contributed by atoms with Crippen molar-refractivity contribution in [2.24, 2.45) is 0 Å². The lowest BCUT2D eigenvalue weighted by Gasteiger charge is -2.23. The molecule has 1 unspecified atom stereocenters. The number of pyridine rings is 1. The second-order valence-electron chi connectivity index (χ2n) is 4.28. The zero-order valence-corrected chi connectivity index (χ0v) is 10.7. The van der Waals surface area contributed by atoms with Crippen LogP contribution < -0.4 is 10.1 Å². The van der Waals surface area contributed by atoms with Gasteiger partial charge in [-0.1, -0.05) is 0 Å². The molecule has 0 spiro atoms. The first-order valence-electron chi connectivity index (χ1n) is 6.30. The Kier molecular flexibility index (Phi) is 5.23. The standard InChI is InChI=1S/C13H20N2O3/c1-16-7-8-18-13-5-4-11(9-14-13)15-12-3-2-6-17-10-12/h4-5,9,12,15H,2-3,6-8,10H2,1H3. The molecule has 1 fully saturated rings. The van der Waals surface area contributed by atoms with E-state index in [0.717, 1.165) is 31.7 Å². The maximum absolute atomic E-state index is 5.42. The molecule has 2 rings (SSSR count). The summed E-state index contributed by atoms with van der Waals surface area (Å²) in [6.45, 7) is 2.74. The van der Waals surface area contributed by atoms with Gasteiger partial charge in [0.2, 0.25) is 5.88 Å². The van der Waals surface area contributed by atoms with Crippen LogP contribution in [0.2, 0.25) is 0 Å². The van der Waals surface area contributed by atoms with Crippen LogP contribution in [0.15, 0.2) is 18.3 Å². The fourth-order valence-corrected chi connectivity index (χ4v) is 1.87. The van der Waals surface area contributed by atoms with Gasteiger partial charge in [-0.2, -0.15) is 0 Å². The Morgan fingerprint density at radius 3 is 3.06 bits per heavy atom.